The van der Waals surface area contributed by atoms with E-state index in [2.05, 4.69) is 49.0 Å². The fourth-order valence-electron chi connectivity index (χ4n) is 3.31. The maximum atomic E-state index is 5.51. The van der Waals surface area contributed by atoms with Crippen molar-refractivity contribution in [3.63, 3.8) is 0 Å². The van der Waals surface area contributed by atoms with E-state index in [0.29, 0.717) is 13.1 Å². The highest BCUT2D eigenvalue weighted by Gasteiger charge is 2.11. The van der Waals surface area contributed by atoms with Crippen LogP contribution in [0, 0.1) is 0 Å². The predicted molar refractivity (Wildman–Crippen MR) is 119 cm³/mol. The summed E-state index contributed by atoms with van der Waals surface area (Å²) in [6.07, 6.45) is 5.59. The molecule has 0 spiro atoms. The maximum Gasteiger partial charge on any atom is 0.193 e. The molecule has 0 unspecified atom stereocenters. The minimum absolute atomic E-state index is 0.660. The van der Waals surface area contributed by atoms with Crippen molar-refractivity contribution in [2.24, 2.45) is 4.99 Å². The van der Waals surface area contributed by atoms with Gasteiger partial charge in [0.15, 0.2) is 5.96 Å². The summed E-state index contributed by atoms with van der Waals surface area (Å²) < 4.78 is 12.9. The number of aromatic nitrogens is 2. The summed E-state index contributed by atoms with van der Waals surface area (Å²) >= 11 is 0. The number of nitrogens with one attached hydrogen (secondary N) is 1. The number of rotatable bonds is 8. The van der Waals surface area contributed by atoms with Gasteiger partial charge in [-0.15, -0.1) is 0 Å². The Morgan fingerprint density at radius 2 is 1.97 bits per heavy atom. The fraction of sp³-hybridized carbons (Fsp3) is 0.304. The summed E-state index contributed by atoms with van der Waals surface area (Å²) in [6.45, 7) is 2.15. The molecular formula is C23H29N5O2. The monoisotopic (exact) mass is 407 g/mol. The molecule has 0 saturated carbocycles. The second-order valence-electron chi connectivity index (χ2n) is 6.99. The van der Waals surface area contributed by atoms with Gasteiger partial charge in [0.05, 0.1) is 20.5 Å². The third kappa shape index (κ3) is 5.53. The lowest BCUT2D eigenvalue weighted by atomic mass is 10.1. The standard InChI is InChI=1S/C23H29N5O2/c1-24-23(27(2)16-20-8-9-21(29-3)13-22(20)30-4)26-14-18-6-5-7-19(12-18)15-28-11-10-25-17-28/h5-13,17H,14-16H2,1-4H3,(H,24,26). The number of aliphatic imine (C=N–C) groups is 1. The summed E-state index contributed by atoms with van der Waals surface area (Å²) in [5.41, 5.74) is 3.49. The molecule has 3 rings (SSSR count). The fourth-order valence-corrected chi connectivity index (χ4v) is 3.31. The van der Waals surface area contributed by atoms with Gasteiger partial charge in [0.25, 0.3) is 0 Å². The summed E-state index contributed by atoms with van der Waals surface area (Å²) in [6, 6.07) is 14.4. The molecule has 0 aliphatic carbocycles. The van der Waals surface area contributed by atoms with Crippen LogP contribution in [0.4, 0.5) is 0 Å². The zero-order valence-electron chi connectivity index (χ0n) is 18.0. The van der Waals surface area contributed by atoms with Crippen LogP contribution in [0.15, 0.2) is 66.2 Å². The van der Waals surface area contributed by atoms with Gasteiger partial charge in [-0.3, -0.25) is 4.99 Å². The van der Waals surface area contributed by atoms with Crippen molar-refractivity contribution in [3.8, 4) is 11.5 Å². The van der Waals surface area contributed by atoms with Gasteiger partial charge in [0.2, 0.25) is 0 Å². The van der Waals surface area contributed by atoms with E-state index in [-0.39, 0.29) is 0 Å². The van der Waals surface area contributed by atoms with Gasteiger partial charge in [-0.1, -0.05) is 24.3 Å². The minimum Gasteiger partial charge on any atom is -0.497 e. The first-order valence-electron chi connectivity index (χ1n) is 9.79. The third-order valence-electron chi connectivity index (χ3n) is 4.84. The van der Waals surface area contributed by atoms with Crippen LogP contribution in [0.1, 0.15) is 16.7 Å². The second-order valence-corrected chi connectivity index (χ2v) is 6.99. The van der Waals surface area contributed by atoms with E-state index in [1.807, 2.05) is 37.8 Å². The smallest absolute Gasteiger partial charge is 0.193 e. The molecule has 7 nitrogen and oxygen atoms in total. The van der Waals surface area contributed by atoms with Gasteiger partial charge in [-0.25, -0.2) is 4.98 Å². The van der Waals surface area contributed by atoms with Crippen LogP contribution in [-0.2, 0) is 19.6 Å². The first kappa shape index (κ1) is 21.2. The Bertz CT molecular complexity index is 969. The van der Waals surface area contributed by atoms with E-state index in [1.54, 1.807) is 27.5 Å². The molecule has 0 fully saturated rings. The Labute approximate surface area is 178 Å². The minimum atomic E-state index is 0.660. The molecule has 1 aromatic heterocycles. The number of hydrogen-bond donors (Lipinski definition) is 1. The van der Waals surface area contributed by atoms with Gasteiger partial charge in [0.1, 0.15) is 11.5 Å². The summed E-state index contributed by atoms with van der Waals surface area (Å²) in [5, 5.41) is 3.44. The molecule has 0 aliphatic heterocycles. The topological polar surface area (TPSA) is 63.9 Å². The number of imidazole rings is 1. The van der Waals surface area contributed by atoms with E-state index in [4.69, 9.17) is 9.47 Å². The molecule has 0 aliphatic rings. The zero-order valence-corrected chi connectivity index (χ0v) is 18.0. The van der Waals surface area contributed by atoms with Crippen molar-refractivity contribution >= 4 is 5.96 Å². The summed E-state index contributed by atoms with van der Waals surface area (Å²) in [7, 11) is 7.12. The van der Waals surface area contributed by atoms with E-state index in [0.717, 1.165) is 29.6 Å². The quantitative estimate of drug-likeness (QED) is 0.459. The van der Waals surface area contributed by atoms with Crippen LogP contribution in [0.25, 0.3) is 0 Å². The lowest BCUT2D eigenvalue weighted by Gasteiger charge is -2.23. The Kier molecular flexibility index (Phi) is 7.32. The van der Waals surface area contributed by atoms with Crippen molar-refractivity contribution in [1.29, 1.82) is 0 Å². The van der Waals surface area contributed by atoms with E-state index in [1.165, 1.54) is 11.1 Å². The number of hydrogen-bond acceptors (Lipinski definition) is 4. The maximum absolute atomic E-state index is 5.51. The molecule has 30 heavy (non-hydrogen) atoms. The summed E-state index contributed by atoms with van der Waals surface area (Å²) in [5.74, 6) is 2.38. The Morgan fingerprint density at radius 1 is 1.13 bits per heavy atom. The predicted octanol–water partition coefficient (Wildman–Crippen LogP) is 3.16. The number of guanidine groups is 1. The van der Waals surface area contributed by atoms with Gasteiger partial charge in [-0.05, 0) is 23.3 Å². The van der Waals surface area contributed by atoms with Crippen LogP contribution in [-0.4, -0.2) is 48.7 Å². The molecule has 158 valence electrons. The van der Waals surface area contributed by atoms with Gasteiger partial charge < -0.3 is 24.3 Å². The van der Waals surface area contributed by atoms with Crippen molar-refractivity contribution in [1.82, 2.24) is 19.8 Å². The van der Waals surface area contributed by atoms with Crippen LogP contribution >= 0.6 is 0 Å². The van der Waals surface area contributed by atoms with Gasteiger partial charge in [-0.2, -0.15) is 0 Å². The van der Waals surface area contributed by atoms with Crippen LogP contribution in [0.3, 0.4) is 0 Å². The molecule has 0 amide bonds. The molecular weight excluding hydrogens is 378 g/mol. The van der Waals surface area contributed by atoms with Crippen molar-refractivity contribution < 1.29 is 9.47 Å². The molecule has 3 aromatic rings. The van der Waals surface area contributed by atoms with Crippen molar-refractivity contribution in [2.45, 2.75) is 19.6 Å². The molecule has 0 bridgehead atoms. The Hall–Kier alpha value is -3.48. The SMILES string of the molecule is CN=C(NCc1cccc(Cn2ccnc2)c1)N(C)Cc1ccc(OC)cc1OC. The Morgan fingerprint density at radius 3 is 2.67 bits per heavy atom. The zero-order chi connectivity index (χ0) is 21.3. The lowest BCUT2D eigenvalue weighted by molar-refractivity contribution is 0.382. The number of nitrogens with zero attached hydrogens (tertiary/aromatic N) is 4. The molecule has 1 N–H and O–H groups in total. The van der Waals surface area contributed by atoms with Crippen LogP contribution < -0.4 is 14.8 Å². The number of benzene rings is 2. The normalized spacial score (nSPS) is 11.3. The molecule has 2 aromatic carbocycles. The van der Waals surface area contributed by atoms with Gasteiger partial charge in [0, 0.05) is 57.8 Å². The molecule has 0 radical (unpaired) electrons. The van der Waals surface area contributed by atoms with Crippen LogP contribution in [0.5, 0.6) is 11.5 Å². The van der Waals surface area contributed by atoms with Crippen molar-refractivity contribution in [2.75, 3.05) is 28.3 Å². The lowest BCUT2D eigenvalue weighted by Crippen LogP contribution is -2.38. The highest BCUT2D eigenvalue weighted by atomic mass is 16.5. The number of methoxy groups -OCH3 is 2. The first-order chi connectivity index (χ1) is 14.6. The average molecular weight is 408 g/mol. The van der Waals surface area contributed by atoms with Crippen LogP contribution in [0.2, 0.25) is 0 Å². The molecule has 7 heteroatoms. The largest absolute Gasteiger partial charge is 0.497 e. The second kappa shape index (κ2) is 10.3. The number of ether oxygens (including phenoxy) is 2. The van der Waals surface area contributed by atoms with Crippen molar-refractivity contribution in [3.05, 3.63) is 77.9 Å². The highest BCUT2D eigenvalue weighted by molar-refractivity contribution is 5.79. The average Bonchev–Trinajstić information content (AvgIpc) is 3.27. The van der Waals surface area contributed by atoms with E-state index < -0.39 is 0 Å². The molecule has 1 heterocycles. The van der Waals surface area contributed by atoms with E-state index >= 15 is 0 Å². The molecule has 0 saturated heterocycles. The summed E-state index contributed by atoms with van der Waals surface area (Å²) in [4.78, 5) is 10.6. The van der Waals surface area contributed by atoms with E-state index in [9.17, 15) is 0 Å². The third-order valence-corrected chi connectivity index (χ3v) is 4.84. The first-order valence-corrected chi connectivity index (χ1v) is 9.79. The molecule has 0 atom stereocenters. The van der Waals surface area contributed by atoms with Gasteiger partial charge >= 0.3 is 0 Å². The Balaban J connectivity index is 1.62. The highest BCUT2D eigenvalue weighted by Crippen LogP contribution is 2.25.